The first-order valence-corrected chi connectivity index (χ1v) is 3.51. The Labute approximate surface area is 75.8 Å². The van der Waals surface area contributed by atoms with Crippen molar-refractivity contribution >= 4 is 0 Å². The van der Waals surface area contributed by atoms with E-state index in [4.69, 9.17) is 5.11 Å². The van der Waals surface area contributed by atoms with Crippen LogP contribution >= 0.6 is 0 Å². The van der Waals surface area contributed by atoms with Gasteiger partial charge in [0.25, 0.3) is 0 Å². The van der Waals surface area contributed by atoms with E-state index < -0.39 is 29.5 Å². The van der Waals surface area contributed by atoms with E-state index in [9.17, 15) is 22.0 Å². The van der Waals surface area contributed by atoms with Crippen LogP contribution in [0.2, 0.25) is 0 Å². The number of rotatable bonds is 1. The third kappa shape index (κ3) is 2.41. The molecule has 1 unspecified atom stereocenters. The van der Waals surface area contributed by atoms with Crippen LogP contribution in [0, 0.1) is 11.6 Å². The molecule has 1 aromatic carbocycles. The molecular formula is C8H5F5O. The molecule has 1 rings (SSSR count). The fourth-order valence-electron chi connectivity index (χ4n) is 0.922. The Morgan fingerprint density at radius 1 is 1.00 bits per heavy atom. The molecule has 1 aromatic rings. The van der Waals surface area contributed by atoms with Gasteiger partial charge in [0.1, 0.15) is 11.6 Å². The van der Waals surface area contributed by atoms with Crippen LogP contribution in [-0.2, 0) is 0 Å². The summed E-state index contributed by atoms with van der Waals surface area (Å²) in [4.78, 5) is 0. The quantitative estimate of drug-likeness (QED) is 0.709. The van der Waals surface area contributed by atoms with E-state index in [1.165, 1.54) is 0 Å². The second-order valence-corrected chi connectivity index (χ2v) is 2.65. The molecule has 0 aliphatic heterocycles. The van der Waals surface area contributed by atoms with Gasteiger partial charge in [0, 0.05) is 6.07 Å². The molecule has 78 valence electrons. The third-order valence-electron chi connectivity index (χ3n) is 1.51. The summed E-state index contributed by atoms with van der Waals surface area (Å²) in [6.07, 6.45) is -7.80. The van der Waals surface area contributed by atoms with Crippen LogP contribution in [0.3, 0.4) is 0 Å². The van der Waals surface area contributed by atoms with Gasteiger partial charge in [-0.1, -0.05) is 0 Å². The predicted molar refractivity (Wildman–Crippen MR) is 37.4 cm³/mol. The van der Waals surface area contributed by atoms with Crippen molar-refractivity contribution in [3.63, 3.8) is 0 Å². The molecule has 1 nitrogen and oxygen atoms in total. The fraction of sp³-hybridized carbons (Fsp3) is 0.250. The molecule has 0 spiro atoms. The summed E-state index contributed by atoms with van der Waals surface area (Å²) in [5, 5.41) is 8.65. The Morgan fingerprint density at radius 3 is 1.79 bits per heavy atom. The Balaban J connectivity index is 3.07. The predicted octanol–water partition coefficient (Wildman–Crippen LogP) is 2.56. The Hall–Kier alpha value is -1.17. The molecule has 1 N–H and O–H groups in total. The molecule has 0 aliphatic carbocycles. The van der Waals surface area contributed by atoms with E-state index in [0.29, 0.717) is 18.2 Å². The van der Waals surface area contributed by atoms with E-state index in [2.05, 4.69) is 0 Å². The number of halogens is 5. The van der Waals surface area contributed by atoms with Crippen LogP contribution in [0.5, 0.6) is 0 Å². The minimum Gasteiger partial charge on any atom is -0.379 e. The average Bonchev–Trinajstić information content (AvgIpc) is 1.99. The van der Waals surface area contributed by atoms with Gasteiger partial charge in [-0.25, -0.2) is 8.78 Å². The first-order valence-electron chi connectivity index (χ1n) is 3.51. The highest BCUT2D eigenvalue weighted by Gasteiger charge is 2.39. The summed E-state index contributed by atoms with van der Waals surface area (Å²) in [5.41, 5.74) is -0.852. The molecule has 6 heteroatoms. The Bertz CT molecular complexity index is 313. The van der Waals surface area contributed by atoms with Gasteiger partial charge in [-0.3, -0.25) is 0 Å². The number of alkyl halides is 3. The van der Waals surface area contributed by atoms with Crippen LogP contribution in [-0.4, -0.2) is 11.3 Å². The Morgan fingerprint density at radius 2 is 1.43 bits per heavy atom. The molecular weight excluding hydrogens is 207 g/mol. The lowest BCUT2D eigenvalue weighted by Gasteiger charge is -2.14. The van der Waals surface area contributed by atoms with Crippen LogP contribution in [0.25, 0.3) is 0 Å². The highest BCUT2D eigenvalue weighted by atomic mass is 19.4. The van der Waals surface area contributed by atoms with Gasteiger partial charge in [0.2, 0.25) is 0 Å². The summed E-state index contributed by atoms with van der Waals surface area (Å²) in [7, 11) is 0. The van der Waals surface area contributed by atoms with E-state index in [0.717, 1.165) is 0 Å². The standard InChI is InChI=1S/C8H5F5O/c9-5-1-4(2-6(10)3-5)7(14)8(11,12)13/h1-3,7,14H. The van der Waals surface area contributed by atoms with Gasteiger partial charge in [0.15, 0.2) is 6.10 Å². The van der Waals surface area contributed by atoms with Crippen molar-refractivity contribution in [1.29, 1.82) is 0 Å². The van der Waals surface area contributed by atoms with Gasteiger partial charge < -0.3 is 5.11 Å². The zero-order chi connectivity index (χ0) is 10.9. The first kappa shape index (κ1) is 10.9. The topological polar surface area (TPSA) is 20.2 Å². The maximum Gasteiger partial charge on any atom is 0.418 e. The van der Waals surface area contributed by atoms with Crippen LogP contribution in [0.15, 0.2) is 18.2 Å². The van der Waals surface area contributed by atoms with Crippen LogP contribution in [0.4, 0.5) is 22.0 Å². The molecule has 0 radical (unpaired) electrons. The van der Waals surface area contributed by atoms with Gasteiger partial charge in [-0.05, 0) is 17.7 Å². The second-order valence-electron chi connectivity index (χ2n) is 2.65. The fourth-order valence-corrected chi connectivity index (χ4v) is 0.922. The Kier molecular flexibility index (Phi) is 2.75. The van der Waals surface area contributed by atoms with Crippen molar-refractivity contribution in [2.24, 2.45) is 0 Å². The van der Waals surface area contributed by atoms with Gasteiger partial charge in [0.05, 0.1) is 0 Å². The second kappa shape index (κ2) is 3.53. The molecule has 0 aromatic heterocycles. The summed E-state index contributed by atoms with van der Waals surface area (Å²) in [6.45, 7) is 0. The third-order valence-corrected chi connectivity index (χ3v) is 1.51. The molecule has 0 amide bonds. The van der Waals surface area contributed by atoms with E-state index >= 15 is 0 Å². The minimum absolute atomic E-state index is 0.423. The van der Waals surface area contributed by atoms with E-state index in [-0.39, 0.29) is 0 Å². The molecule has 1 atom stereocenters. The summed E-state index contributed by atoms with van der Waals surface area (Å²) in [5.74, 6) is -2.33. The zero-order valence-electron chi connectivity index (χ0n) is 6.65. The van der Waals surface area contributed by atoms with Crippen LogP contribution in [0.1, 0.15) is 11.7 Å². The van der Waals surface area contributed by atoms with Gasteiger partial charge >= 0.3 is 6.18 Å². The number of aliphatic hydroxyl groups excluding tert-OH is 1. The molecule has 0 aliphatic rings. The zero-order valence-corrected chi connectivity index (χ0v) is 6.65. The van der Waals surface area contributed by atoms with Crippen molar-refractivity contribution in [3.8, 4) is 0 Å². The van der Waals surface area contributed by atoms with Gasteiger partial charge in [-0.15, -0.1) is 0 Å². The number of hydrogen-bond acceptors (Lipinski definition) is 1. The largest absolute Gasteiger partial charge is 0.418 e. The monoisotopic (exact) mass is 212 g/mol. The summed E-state index contributed by atoms with van der Waals surface area (Å²) >= 11 is 0. The highest BCUT2D eigenvalue weighted by molar-refractivity contribution is 5.21. The molecule has 0 saturated heterocycles. The van der Waals surface area contributed by atoms with E-state index in [1.54, 1.807) is 0 Å². The summed E-state index contributed by atoms with van der Waals surface area (Å²) < 4.78 is 60.6. The highest BCUT2D eigenvalue weighted by Crippen LogP contribution is 2.32. The maximum atomic E-state index is 12.5. The van der Waals surface area contributed by atoms with Crippen molar-refractivity contribution in [2.45, 2.75) is 12.3 Å². The number of benzene rings is 1. The SMILES string of the molecule is OC(c1cc(F)cc(F)c1)C(F)(F)F. The van der Waals surface area contributed by atoms with Crippen molar-refractivity contribution in [1.82, 2.24) is 0 Å². The van der Waals surface area contributed by atoms with E-state index in [1.807, 2.05) is 0 Å². The van der Waals surface area contributed by atoms with Crippen molar-refractivity contribution < 1.29 is 27.1 Å². The average molecular weight is 212 g/mol. The molecule has 0 fully saturated rings. The first-order chi connectivity index (χ1) is 6.30. The lowest BCUT2D eigenvalue weighted by Crippen LogP contribution is -2.20. The minimum atomic E-state index is -4.93. The summed E-state index contributed by atoms with van der Waals surface area (Å²) in [6, 6.07) is 1.29. The smallest absolute Gasteiger partial charge is 0.379 e. The molecule has 0 saturated carbocycles. The molecule has 0 heterocycles. The molecule has 14 heavy (non-hydrogen) atoms. The van der Waals surface area contributed by atoms with Crippen molar-refractivity contribution in [3.05, 3.63) is 35.4 Å². The van der Waals surface area contributed by atoms with Gasteiger partial charge in [-0.2, -0.15) is 13.2 Å². The lowest BCUT2D eigenvalue weighted by molar-refractivity contribution is -0.206. The lowest BCUT2D eigenvalue weighted by atomic mass is 10.1. The van der Waals surface area contributed by atoms with Crippen molar-refractivity contribution in [2.75, 3.05) is 0 Å². The van der Waals surface area contributed by atoms with Crippen LogP contribution < -0.4 is 0 Å². The molecule has 0 bridgehead atoms. The maximum absolute atomic E-state index is 12.5. The normalized spacial score (nSPS) is 14.1. The number of hydrogen-bond donors (Lipinski definition) is 1. The number of aliphatic hydroxyl groups is 1.